The van der Waals surface area contributed by atoms with Crippen LogP contribution in [0.1, 0.15) is 44.5 Å². The number of carbonyl (C=O) groups excluding carboxylic acids is 1. The van der Waals surface area contributed by atoms with E-state index in [1.54, 1.807) is 26.0 Å². The Morgan fingerprint density at radius 2 is 1.96 bits per heavy atom. The largest absolute Gasteiger partial charge is 0.365 e. The van der Waals surface area contributed by atoms with E-state index in [9.17, 15) is 14.9 Å². The molecule has 7 heteroatoms. The molecule has 1 aliphatic heterocycles. The number of hydrogen-bond acceptors (Lipinski definition) is 5. The van der Waals surface area contributed by atoms with Crippen LogP contribution in [0.15, 0.2) is 18.2 Å². The van der Waals surface area contributed by atoms with Gasteiger partial charge in [-0.3, -0.25) is 14.9 Å². The molecule has 138 valence electrons. The third-order valence-electron chi connectivity index (χ3n) is 4.35. The molecule has 1 aromatic rings. The number of benzene rings is 1. The third kappa shape index (κ3) is 5.16. The molecule has 1 aliphatic rings. The van der Waals surface area contributed by atoms with Gasteiger partial charge < -0.3 is 16.0 Å². The number of nitrogens with two attached hydrogens (primary N) is 1. The average Bonchev–Trinajstić information content (AvgIpc) is 2.50. The number of hydrogen-bond donors (Lipinski definition) is 2. The molecule has 0 aliphatic carbocycles. The van der Waals surface area contributed by atoms with Gasteiger partial charge in [-0.2, -0.15) is 0 Å². The Morgan fingerprint density at radius 1 is 1.36 bits per heavy atom. The Bertz CT molecular complexity index is 644. The first-order valence-corrected chi connectivity index (χ1v) is 8.67. The van der Waals surface area contributed by atoms with Crippen molar-refractivity contribution in [2.75, 3.05) is 24.5 Å². The molecular formula is C18H28N4O3. The molecule has 0 aromatic heterocycles. The van der Waals surface area contributed by atoms with E-state index in [1.165, 1.54) is 6.07 Å². The number of anilines is 1. The number of nitrogens with zero attached hydrogens (tertiary/aromatic N) is 2. The van der Waals surface area contributed by atoms with Crippen molar-refractivity contribution in [1.82, 2.24) is 5.32 Å². The summed E-state index contributed by atoms with van der Waals surface area (Å²) in [6.07, 6.45) is 1.12. The van der Waals surface area contributed by atoms with Crippen LogP contribution in [0.4, 0.5) is 11.4 Å². The Labute approximate surface area is 148 Å². The second-order valence-electron chi connectivity index (χ2n) is 7.98. The molecule has 3 N–H and O–H groups in total. The first kappa shape index (κ1) is 19.2. The number of nitro benzene ring substituents is 1. The molecule has 2 atom stereocenters. The first-order chi connectivity index (χ1) is 11.6. The maximum Gasteiger partial charge on any atom is 0.293 e. The molecule has 0 bridgehead atoms. The summed E-state index contributed by atoms with van der Waals surface area (Å²) >= 11 is 0. The number of carbonyl (C=O) groups is 1. The van der Waals surface area contributed by atoms with Crippen molar-refractivity contribution < 1.29 is 9.72 Å². The van der Waals surface area contributed by atoms with Crippen molar-refractivity contribution in [3.05, 3.63) is 33.9 Å². The van der Waals surface area contributed by atoms with Gasteiger partial charge in [-0.15, -0.1) is 0 Å². The van der Waals surface area contributed by atoms with E-state index >= 15 is 0 Å². The van der Waals surface area contributed by atoms with Crippen molar-refractivity contribution in [3.63, 3.8) is 0 Å². The minimum Gasteiger partial charge on any atom is -0.365 e. The summed E-state index contributed by atoms with van der Waals surface area (Å²) in [7, 11) is 0. The van der Waals surface area contributed by atoms with Crippen molar-refractivity contribution >= 4 is 17.3 Å². The van der Waals surface area contributed by atoms with Crippen molar-refractivity contribution in [2.45, 2.75) is 39.7 Å². The van der Waals surface area contributed by atoms with E-state index in [1.807, 2.05) is 0 Å². The SMILES string of the molecule is CC1CC(C)CN(c2ccc(C(=O)NCC(C)(C)N)cc2[N+](=O)[O-])C1. The topological polar surface area (TPSA) is 102 Å². The molecule has 2 unspecified atom stereocenters. The van der Waals surface area contributed by atoms with Gasteiger partial charge in [0.1, 0.15) is 5.69 Å². The Balaban J connectivity index is 2.25. The molecule has 1 heterocycles. The predicted molar refractivity (Wildman–Crippen MR) is 98.9 cm³/mol. The smallest absolute Gasteiger partial charge is 0.293 e. The lowest BCUT2D eigenvalue weighted by Crippen LogP contribution is -2.45. The standard InChI is InChI=1S/C18H28N4O3/c1-12-7-13(2)10-21(9-12)15-6-5-14(8-16(15)22(24)25)17(23)20-11-18(3,4)19/h5-6,8,12-13H,7,9-11,19H2,1-4H3,(H,20,23). The van der Waals surface area contributed by atoms with Crippen LogP contribution in [0.2, 0.25) is 0 Å². The van der Waals surface area contributed by atoms with Gasteiger partial charge in [0.05, 0.1) is 4.92 Å². The van der Waals surface area contributed by atoms with E-state index in [-0.39, 0.29) is 17.2 Å². The van der Waals surface area contributed by atoms with E-state index in [2.05, 4.69) is 24.1 Å². The summed E-state index contributed by atoms with van der Waals surface area (Å²) in [5.41, 5.74) is 6.15. The lowest BCUT2D eigenvalue weighted by atomic mass is 9.91. The minimum absolute atomic E-state index is 0.0269. The molecule has 1 saturated heterocycles. The van der Waals surface area contributed by atoms with Gasteiger partial charge in [-0.25, -0.2) is 0 Å². The monoisotopic (exact) mass is 348 g/mol. The molecule has 2 rings (SSSR count). The molecule has 1 aromatic carbocycles. The van der Waals surface area contributed by atoms with Crippen LogP contribution in [0.5, 0.6) is 0 Å². The van der Waals surface area contributed by atoms with Crippen LogP contribution in [0.3, 0.4) is 0 Å². The third-order valence-corrected chi connectivity index (χ3v) is 4.35. The van der Waals surface area contributed by atoms with Crippen LogP contribution < -0.4 is 16.0 Å². The Hall–Kier alpha value is -2.15. The quantitative estimate of drug-likeness (QED) is 0.629. The van der Waals surface area contributed by atoms with Crippen LogP contribution in [0.25, 0.3) is 0 Å². The van der Waals surface area contributed by atoms with Gasteiger partial charge in [0.15, 0.2) is 0 Å². The Kier molecular flexibility index (Phi) is 5.67. The number of nitrogens with one attached hydrogen (secondary N) is 1. The molecule has 7 nitrogen and oxygen atoms in total. The highest BCUT2D eigenvalue weighted by Gasteiger charge is 2.28. The van der Waals surface area contributed by atoms with E-state index < -0.39 is 10.5 Å². The van der Waals surface area contributed by atoms with Gasteiger partial charge in [0, 0.05) is 36.8 Å². The summed E-state index contributed by atoms with van der Waals surface area (Å²) in [6, 6.07) is 4.69. The fourth-order valence-electron chi connectivity index (χ4n) is 3.35. The van der Waals surface area contributed by atoms with Crippen molar-refractivity contribution in [2.24, 2.45) is 17.6 Å². The maximum atomic E-state index is 12.3. The second-order valence-corrected chi connectivity index (χ2v) is 7.98. The molecule has 1 amide bonds. The van der Waals surface area contributed by atoms with Crippen LogP contribution in [-0.2, 0) is 0 Å². The van der Waals surface area contributed by atoms with Crippen LogP contribution >= 0.6 is 0 Å². The van der Waals surface area contributed by atoms with Gasteiger partial charge in [-0.05, 0) is 44.2 Å². The highest BCUT2D eigenvalue weighted by molar-refractivity contribution is 5.95. The summed E-state index contributed by atoms with van der Waals surface area (Å²) in [4.78, 5) is 25.4. The fourth-order valence-corrected chi connectivity index (χ4v) is 3.35. The summed E-state index contributed by atoms with van der Waals surface area (Å²) in [5, 5.41) is 14.3. The average molecular weight is 348 g/mol. The minimum atomic E-state index is -0.540. The van der Waals surface area contributed by atoms with Gasteiger partial charge in [-0.1, -0.05) is 13.8 Å². The summed E-state index contributed by atoms with van der Waals surface area (Å²) in [6.45, 7) is 9.80. The van der Waals surface area contributed by atoms with Gasteiger partial charge >= 0.3 is 0 Å². The van der Waals surface area contributed by atoms with Crippen LogP contribution in [0, 0.1) is 22.0 Å². The molecule has 25 heavy (non-hydrogen) atoms. The Morgan fingerprint density at radius 3 is 2.48 bits per heavy atom. The lowest BCUT2D eigenvalue weighted by Gasteiger charge is -2.36. The summed E-state index contributed by atoms with van der Waals surface area (Å²) < 4.78 is 0. The van der Waals surface area contributed by atoms with E-state index in [0.717, 1.165) is 19.5 Å². The molecule has 0 saturated carbocycles. The number of nitro groups is 1. The van der Waals surface area contributed by atoms with E-state index in [0.29, 0.717) is 24.1 Å². The van der Waals surface area contributed by atoms with Crippen LogP contribution in [-0.4, -0.2) is 36.0 Å². The predicted octanol–water partition coefficient (Wildman–Crippen LogP) is 2.54. The lowest BCUT2D eigenvalue weighted by molar-refractivity contribution is -0.384. The maximum absolute atomic E-state index is 12.3. The van der Waals surface area contributed by atoms with Crippen molar-refractivity contribution in [1.29, 1.82) is 0 Å². The number of rotatable bonds is 5. The molecule has 0 radical (unpaired) electrons. The van der Waals surface area contributed by atoms with Gasteiger partial charge in [0.2, 0.25) is 0 Å². The normalized spacial score (nSPS) is 21.1. The first-order valence-electron chi connectivity index (χ1n) is 8.67. The fraction of sp³-hybridized carbons (Fsp3) is 0.611. The number of piperidine rings is 1. The zero-order valence-corrected chi connectivity index (χ0v) is 15.4. The molecule has 1 fully saturated rings. The van der Waals surface area contributed by atoms with Crippen molar-refractivity contribution in [3.8, 4) is 0 Å². The van der Waals surface area contributed by atoms with Gasteiger partial charge in [0.25, 0.3) is 11.6 Å². The highest BCUT2D eigenvalue weighted by atomic mass is 16.6. The highest BCUT2D eigenvalue weighted by Crippen LogP contribution is 2.33. The summed E-state index contributed by atoms with van der Waals surface area (Å²) in [5.74, 6) is 0.616. The second kappa shape index (κ2) is 7.39. The van der Waals surface area contributed by atoms with E-state index in [4.69, 9.17) is 5.73 Å². The molecular weight excluding hydrogens is 320 g/mol. The number of amides is 1. The molecule has 0 spiro atoms. The zero-order valence-electron chi connectivity index (χ0n) is 15.4. The zero-order chi connectivity index (χ0) is 18.8.